The third-order valence-corrected chi connectivity index (χ3v) is 5.26. The van der Waals surface area contributed by atoms with Gasteiger partial charge in [0.2, 0.25) is 0 Å². The number of urea groups is 1. The maximum absolute atomic E-state index is 12.5. The van der Waals surface area contributed by atoms with Gasteiger partial charge in [0, 0.05) is 28.3 Å². The summed E-state index contributed by atoms with van der Waals surface area (Å²) in [5, 5.41) is 9.28. The Morgan fingerprint density at radius 2 is 1.51 bits per heavy atom. The highest BCUT2D eigenvalue weighted by molar-refractivity contribution is 6.08. The monoisotopic (exact) mass is 469 g/mol. The Bertz CT molecular complexity index is 1290. The Hall–Kier alpha value is -4.39. The molecule has 35 heavy (non-hydrogen) atoms. The number of rotatable bonds is 7. The number of benzene rings is 3. The SMILES string of the molecule is CC(C)(C)c1cc(NC(=O)Nc2ccc(OCc3ccc(C(=O)c4ccccc4)cc3)cc2)no1. The number of aromatic nitrogens is 1. The van der Waals surface area contributed by atoms with Crippen LogP contribution >= 0.6 is 0 Å². The molecule has 178 valence electrons. The Labute approximate surface area is 204 Å². The molecule has 1 heterocycles. The molecule has 3 aromatic carbocycles. The molecule has 0 spiro atoms. The lowest BCUT2D eigenvalue weighted by atomic mass is 9.93. The molecule has 7 nitrogen and oxygen atoms in total. The van der Waals surface area contributed by atoms with Gasteiger partial charge in [0.1, 0.15) is 18.1 Å². The molecule has 0 aliphatic carbocycles. The van der Waals surface area contributed by atoms with Crippen molar-refractivity contribution < 1.29 is 18.8 Å². The third kappa shape index (κ3) is 6.35. The maximum atomic E-state index is 12.5. The normalized spacial score (nSPS) is 11.1. The van der Waals surface area contributed by atoms with Crippen molar-refractivity contribution in [2.75, 3.05) is 10.6 Å². The summed E-state index contributed by atoms with van der Waals surface area (Å²) in [6.07, 6.45) is 0. The first-order valence-electron chi connectivity index (χ1n) is 11.2. The number of carbonyl (C=O) groups excluding carboxylic acids is 2. The van der Waals surface area contributed by atoms with Crippen LogP contribution in [0.1, 0.15) is 48.0 Å². The minimum Gasteiger partial charge on any atom is -0.489 e. The lowest BCUT2D eigenvalue weighted by Gasteiger charge is -2.12. The number of carbonyl (C=O) groups is 2. The molecule has 1 aromatic heterocycles. The van der Waals surface area contributed by atoms with Crippen LogP contribution in [0.15, 0.2) is 89.5 Å². The van der Waals surface area contributed by atoms with Gasteiger partial charge in [-0.15, -0.1) is 0 Å². The van der Waals surface area contributed by atoms with Crippen LogP contribution in [0.25, 0.3) is 0 Å². The van der Waals surface area contributed by atoms with Gasteiger partial charge in [0.05, 0.1) is 0 Å². The summed E-state index contributed by atoms with van der Waals surface area (Å²) in [4.78, 5) is 24.8. The fourth-order valence-corrected chi connectivity index (χ4v) is 3.28. The first-order valence-corrected chi connectivity index (χ1v) is 11.2. The van der Waals surface area contributed by atoms with Gasteiger partial charge in [-0.2, -0.15) is 0 Å². The first kappa shape index (κ1) is 23.8. The van der Waals surface area contributed by atoms with Gasteiger partial charge in [-0.25, -0.2) is 4.79 Å². The zero-order valence-corrected chi connectivity index (χ0v) is 19.9. The average Bonchev–Trinajstić information content (AvgIpc) is 3.33. The van der Waals surface area contributed by atoms with Gasteiger partial charge in [-0.1, -0.05) is 80.5 Å². The van der Waals surface area contributed by atoms with E-state index < -0.39 is 6.03 Å². The highest BCUT2D eigenvalue weighted by Gasteiger charge is 2.20. The van der Waals surface area contributed by atoms with E-state index in [2.05, 4.69) is 15.8 Å². The smallest absolute Gasteiger partial charge is 0.324 e. The van der Waals surface area contributed by atoms with E-state index in [1.165, 1.54) is 0 Å². The van der Waals surface area contributed by atoms with Gasteiger partial charge in [-0.3, -0.25) is 10.1 Å². The molecule has 0 saturated carbocycles. The first-order chi connectivity index (χ1) is 16.8. The summed E-state index contributed by atoms with van der Waals surface area (Å²) in [5.41, 5.74) is 2.65. The molecule has 0 atom stereocenters. The fraction of sp³-hybridized carbons (Fsp3) is 0.179. The van der Waals surface area contributed by atoms with Crippen molar-refractivity contribution in [2.45, 2.75) is 32.8 Å². The topological polar surface area (TPSA) is 93.5 Å². The van der Waals surface area contributed by atoms with Crippen molar-refractivity contribution in [1.29, 1.82) is 0 Å². The van der Waals surface area contributed by atoms with Crippen molar-refractivity contribution in [2.24, 2.45) is 0 Å². The van der Waals surface area contributed by atoms with Crippen molar-refractivity contribution in [1.82, 2.24) is 5.16 Å². The second-order valence-electron chi connectivity index (χ2n) is 9.11. The number of amides is 2. The summed E-state index contributed by atoms with van der Waals surface area (Å²) in [5.74, 6) is 1.69. The number of nitrogens with one attached hydrogen (secondary N) is 2. The Morgan fingerprint density at radius 3 is 2.14 bits per heavy atom. The summed E-state index contributed by atoms with van der Waals surface area (Å²) in [7, 11) is 0. The Morgan fingerprint density at radius 1 is 0.857 bits per heavy atom. The van der Waals surface area contributed by atoms with E-state index in [1.807, 2.05) is 51.1 Å². The molecule has 4 rings (SSSR count). The molecule has 0 radical (unpaired) electrons. The van der Waals surface area contributed by atoms with Gasteiger partial charge < -0.3 is 14.6 Å². The molecular weight excluding hydrogens is 442 g/mol. The van der Waals surface area contributed by atoms with Crippen LogP contribution in [0, 0.1) is 0 Å². The minimum atomic E-state index is -0.419. The lowest BCUT2D eigenvalue weighted by Crippen LogP contribution is -2.19. The zero-order chi connectivity index (χ0) is 24.8. The van der Waals surface area contributed by atoms with E-state index >= 15 is 0 Å². The number of hydrogen-bond acceptors (Lipinski definition) is 5. The van der Waals surface area contributed by atoms with Crippen LogP contribution in [0.3, 0.4) is 0 Å². The molecule has 0 fully saturated rings. The second-order valence-corrected chi connectivity index (χ2v) is 9.11. The van der Waals surface area contributed by atoms with E-state index in [9.17, 15) is 9.59 Å². The molecule has 0 bridgehead atoms. The van der Waals surface area contributed by atoms with E-state index in [4.69, 9.17) is 9.26 Å². The van der Waals surface area contributed by atoms with Crippen molar-refractivity contribution in [3.63, 3.8) is 0 Å². The summed E-state index contributed by atoms with van der Waals surface area (Å²) < 4.78 is 11.1. The fourth-order valence-electron chi connectivity index (χ4n) is 3.28. The van der Waals surface area contributed by atoms with Crippen molar-refractivity contribution >= 4 is 23.3 Å². The van der Waals surface area contributed by atoms with Crippen molar-refractivity contribution in [3.8, 4) is 5.75 Å². The lowest BCUT2D eigenvalue weighted by molar-refractivity contribution is 0.103. The van der Waals surface area contributed by atoms with E-state index in [-0.39, 0.29) is 11.2 Å². The highest BCUT2D eigenvalue weighted by atomic mass is 16.5. The summed E-state index contributed by atoms with van der Waals surface area (Å²) >= 11 is 0. The Kier molecular flexibility index (Phi) is 6.96. The molecule has 4 aromatic rings. The van der Waals surface area contributed by atoms with E-state index in [1.54, 1.807) is 54.6 Å². The number of ether oxygens (including phenoxy) is 1. The molecule has 0 unspecified atom stereocenters. The van der Waals surface area contributed by atoms with E-state index in [0.29, 0.717) is 40.7 Å². The quantitative estimate of drug-likeness (QED) is 0.304. The van der Waals surface area contributed by atoms with E-state index in [0.717, 1.165) is 5.56 Å². The standard InChI is InChI=1S/C28H27N3O4/c1-28(2,3)24-17-25(31-35-24)30-27(33)29-22-13-15-23(16-14-22)34-18-19-9-11-21(12-10-19)26(32)20-7-5-4-6-8-20/h4-17H,18H2,1-3H3,(H2,29,30,31,33). The zero-order valence-electron chi connectivity index (χ0n) is 19.9. The highest BCUT2D eigenvalue weighted by Crippen LogP contribution is 2.24. The van der Waals surface area contributed by atoms with Crippen LogP contribution in [-0.4, -0.2) is 17.0 Å². The maximum Gasteiger partial charge on any atom is 0.324 e. The molecule has 2 amide bonds. The van der Waals surface area contributed by atoms with Gasteiger partial charge in [-0.05, 0) is 29.8 Å². The second kappa shape index (κ2) is 10.3. The van der Waals surface area contributed by atoms with Crippen LogP contribution in [0.4, 0.5) is 16.3 Å². The summed E-state index contributed by atoms with van der Waals surface area (Å²) in [6.45, 7) is 6.37. The predicted octanol–water partition coefficient (Wildman–Crippen LogP) is 6.43. The van der Waals surface area contributed by atoms with Crippen LogP contribution < -0.4 is 15.4 Å². The number of anilines is 2. The summed E-state index contributed by atoms with van der Waals surface area (Å²) in [6, 6.07) is 24.9. The molecule has 7 heteroatoms. The molecule has 0 aliphatic heterocycles. The van der Waals surface area contributed by atoms with Crippen LogP contribution in [-0.2, 0) is 12.0 Å². The van der Waals surface area contributed by atoms with Gasteiger partial charge in [0.25, 0.3) is 0 Å². The third-order valence-electron chi connectivity index (χ3n) is 5.26. The van der Waals surface area contributed by atoms with Gasteiger partial charge >= 0.3 is 6.03 Å². The Balaban J connectivity index is 1.27. The number of hydrogen-bond donors (Lipinski definition) is 2. The van der Waals surface area contributed by atoms with Gasteiger partial charge in [0.15, 0.2) is 11.6 Å². The predicted molar refractivity (Wildman–Crippen MR) is 135 cm³/mol. The molecule has 0 aliphatic rings. The van der Waals surface area contributed by atoms with Crippen molar-refractivity contribution in [3.05, 3.63) is 107 Å². The minimum absolute atomic E-state index is 0.0108. The molecule has 2 N–H and O–H groups in total. The van der Waals surface area contributed by atoms with Crippen LogP contribution in [0.2, 0.25) is 0 Å². The average molecular weight is 470 g/mol. The molecular formula is C28H27N3O4. The van der Waals surface area contributed by atoms with Crippen LogP contribution in [0.5, 0.6) is 5.75 Å². The number of ketones is 1. The molecule has 0 saturated heterocycles. The number of nitrogens with zero attached hydrogens (tertiary/aromatic N) is 1. The largest absolute Gasteiger partial charge is 0.489 e.